The standard InChI is InChI=1S/C24H23F2N5O3S/c1-30-13-3-6-22(30)29-35(33,34)17-10-7-15(8-11-17)27-24(32)23-18-4-2-5-21(18)31(28-23)16-9-12-19(25)20(26)14-16/h7-12,14H,2-6,13H2,1H3,(H,27,32)/b29-22+. The van der Waals surface area contributed by atoms with E-state index in [0.717, 1.165) is 42.8 Å². The summed E-state index contributed by atoms with van der Waals surface area (Å²) in [6.45, 7) is 0.773. The van der Waals surface area contributed by atoms with Crippen LogP contribution in [0.2, 0.25) is 0 Å². The topological polar surface area (TPSA) is 96.7 Å². The predicted molar refractivity (Wildman–Crippen MR) is 126 cm³/mol. The first kappa shape index (κ1) is 23.2. The minimum Gasteiger partial charge on any atom is -0.362 e. The van der Waals surface area contributed by atoms with Crippen LogP contribution < -0.4 is 5.32 Å². The number of likely N-dealkylation sites (tertiary alicyclic amines) is 1. The van der Waals surface area contributed by atoms with E-state index >= 15 is 0 Å². The molecule has 8 nitrogen and oxygen atoms in total. The second kappa shape index (κ2) is 8.88. The Bertz CT molecular complexity index is 1450. The Hall–Kier alpha value is -3.60. The molecule has 0 bridgehead atoms. The third kappa shape index (κ3) is 4.43. The van der Waals surface area contributed by atoms with E-state index < -0.39 is 27.6 Å². The smallest absolute Gasteiger partial charge is 0.283 e. The van der Waals surface area contributed by atoms with Crippen molar-refractivity contribution in [2.45, 2.75) is 37.0 Å². The predicted octanol–water partition coefficient (Wildman–Crippen LogP) is 3.70. The average molecular weight is 500 g/mol. The lowest BCUT2D eigenvalue weighted by molar-refractivity contribution is 0.102. The van der Waals surface area contributed by atoms with Crippen molar-refractivity contribution >= 4 is 27.5 Å². The quantitative estimate of drug-likeness (QED) is 0.578. The van der Waals surface area contributed by atoms with Crippen LogP contribution in [0.1, 0.15) is 41.0 Å². The number of carbonyl (C=O) groups is 1. The summed E-state index contributed by atoms with van der Waals surface area (Å²) in [5.41, 5.74) is 2.50. The number of rotatable bonds is 5. The van der Waals surface area contributed by atoms with Crippen LogP contribution in [0.4, 0.5) is 14.5 Å². The Morgan fingerprint density at radius 2 is 1.80 bits per heavy atom. The first-order chi connectivity index (χ1) is 16.7. The van der Waals surface area contributed by atoms with Gasteiger partial charge < -0.3 is 10.2 Å². The second-order valence-corrected chi connectivity index (χ2v) is 10.2. The molecule has 2 aromatic carbocycles. The highest BCUT2D eigenvalue weighted by Crippen LogP contribution is 2.29. The molecule has 0 saturated carbocycles. The molecule has 0 radical (unpaired) electrons. The fraction of sp³-hybridized carbons (Fsp3) is 0.292. The summed E-state index contributed by atoms with van der Waals surface area (Å²) in [6.07, 6.45) is 3.62. The fourth-order valence-corrected chi connectivity index (χ4v) is 5.55. The van der Waals surface area contributed by atoms with Crippen molar-refractivity contribution in [3.63, 3.8) is 0 Å². The number of nitrogens with one attached hydrogen (secondary N) is 1. The molecule has 1 aliphatic carbocycles. The molecule has 1 aromatic heterocycles. The van der Waals surface area contributed by atoms with Crippen LogP contribution in [0.25, 0.3) is 5.69 Å². The number of halogens is 2. The molecule has 1 aliphatic heterocycles. The number of benzene rings is 2. The van der Waals surface area contributed by atoms with Gasteiger partial charge in [0.05, 0.1) is 10.6 Å². The highest BCUT2D eigenvalue weighted by atomic mass is 32.2. The van der Waals surface area contributed by atoms with Crippen molar-refractivity contribution in [1.29, 1.82) is 0 Å². The number of carbonyl (C=O) groups excluding carboxylic acids is 1. The number of amides is 1. The molecule has 0 spiro atoms. The summed E-state index contributed by atoms with van der Waals surface area (Å²) < 4.78 is 57.8. The maximum Gasteiger partial charge on any atom is 0.283 e. The number of hydrogen-bond acceptors (Lipinski definition) is 4. The van der Waals surface area contributed by atoms with Crippen LogP contribution in [0.15, 0.2) is 51.8 Å². The molecule has 35 heavy (non-hydrogen) atoms. The lowest BCUT2D eigenvalue weighted by Crippen LogP contribution is -2.20. The molecule has 0 unspecified atom stereocenters. The molecule has 11 heteroatoms. The SMILES string of the molecule is CN1CCC/C1=N\S(=O)(=O)c1ccc(NC(=O)c2nn(-c3ccc(F)c(F)c3)c3c2CCC3)cc1. The van der Waals surface area contributed by atoms with E-state index in [9.17, 15) is 22.0 Å². The molecule has 1 saturated heterocycles. The lowest BCUT2D eigenvalue weighted by Gasteiger charge is -2.11. The monoisotopic (exact) mass is 499 g/mol. The largest absolute Gasteiger partial charge is 0.362 e. The molecule has 3 aromatic rings. The minimum absolute atomic E-state index is 0.0341. The summed E-state index contributed by atoms with van der Waals surface area (Å²) in [4.78, 5) is 14.9. The van der Waals surface area contributed by atoms with E-state index in [1.165, 1.54) is 35.0 Å². The summed E-state index contributed by atoms with van der Waals surface area (Å²) in [5, 5.41) is 7.13. The lowest BCUT2D eigenvalue weighted by atomic mass is 10.2. The zero-order chi connectivity index (χ0) is 24.7. The van der Waals surface area contributed by atoms with Crippen LogP contribution in [-0.4, -0.2) is 48.4 Å². The molecule has 5 rings (SSSR count). The molecular formula is C24H23F2N5O3S. The van der Waals surface area contributed by atoms with E-state index in [0.29, 0.717) is 36.5 Å². The van der Waals surface area contributed by atoms with Gasteiger partial charge in [0.2, 0.25) is 0 Å². The van der Waals surface area contributed by atoms with Gasteiger partial charge in [0.25, 0.3) is 15.9 Å². The van der Waals surface area contributed by atoms with Gasteiger partial charge in [-0.15, -0.1) is 4.40 Å². The van der Waals surface area contributed by atoms with Gasteiger partial charge in [0.1, 0.15) is 5.84 Å². The number of aromatic nitrogens is 2. The minimum atomic E-state index is -3.86. The first-order valence-corrected chi connectivity index (χ1v) is 12.7. The van der Waals surface area contributed by atoms with Crippen LogP contribution >= 0.6 is 0 Å². The number of sulfonamides is 1. The number of anilines is 1. The fourth-order valence-electron chi connectivity index (χ4n) is 4.45. The first-order valence-electron chi connectivity index (χ1n) is 11.3. The van der Waals surface area contributed by atoms with Crippen LogP contribution in [0, 0.1) is 11.6 Å². The Labute approximate surface area is 201 Å². The third-order valence-electron chi connectivity index (χ3n) is 6.26. The van der Waals surface area contributed by atoms with Gasteiger partial charge in [-0.25, -0.2) is 13.5 Å². The maximum atomic E-state index is 13.8. The van der Waals surface area contributed by atoms with Crippen molar-refractivity contribution in [1.82, 2.24) is 14.7 Å². The van der Waals surface area contributed by atoms with E-state index in [2.05, 4.69) is 14.8 Å². The summed E-state index contributed by atoms with van der Waals surface area (Å²) in [7, 11) is -2.05. The molecule has 1 fully saturated rings. The zero-order valence-corrected chi connectivity index (χ0v) is 19.8. The Morgan fingerprint density at radius 1 is 1.03 bits per heavy atom. The third-order valence-corrected chi connectivity index (χ3v) is 7.58. The molecule has 2 heterocycles. The van der Waals surface area contributed by atoms with Crippen molar-refractivity contribution in [3.05, 3.63) is 71.1 Å². The summed E-state index contributed by atoms with van der Waals surface area (Å²) in [5.74, 6) is -1.88. The van der Waals surface area contributed by atoms with Crippen molar-refractivity contribution in [2.24, 2.45) is 4.40 Å². The van der Waals surface area contributed by atoms with Crippen molar-refractivity contribution < 1.29 is 22.0 Å². The normalized spacial score (nSPS) is 16.7. The number of fused-ring (bicyclic) bond motifs is 1. The summed E-state index contributed by atoms with van der Waals surface area (Å²) in [6, 6.07) is 9.28. The molecule has 1 amide bonds. The van der Waals surface area contributed by atoms with E-state index in [1.54, 1.807) is 0 Å². The summed E-state index contributed by atoms with van der Waals surface area (Å²) >= 11 is 0. The Kier molecular flexibility index (Phi) is 5.87. The number of amidine groups is 1. The van der Waals surface area contributed by atoms with Gasteiger partial charge in [0.15, 0.2) is 17.3 Å². The van der Waals surface area contributed by atoms with E-state index in [4.69, 9.17) is 0 Å². The van der Waals surface area contributed by atoms with Gasteiger partial charge in [-0.2, -0.15) is 13.5 Å². The van der Waals surface area contributed by atoms with Gasteiger partial charge >= 0.3 is 0 Å². The van der Waals surface area contributed by atoms with Gasteiger partial charge in [-0.05, 0) is 62.1 Å². The molecule has 0 atom stereocenters. The number of hydrogen-bond donors (Lipinski definition) is 1. The maximum absolute atomic E-state index is 13.8. The molecule has 182 valence electrons. The Balaban J connectivity index is 1.37. The molecule has 1 N–H and O–H groups in total. The number of nitrogens with zero attached hydrogens (tertiary/aromatic N) is 4. The second-order valence-electron chi connectivity index (χ2n) is 8.62. The van der Waals surface area contributed by atoms with Crippen LogP contribution in [0.5, 0.6) is 0 Å². The van der Waals surface area contributed by atoms with Crippen LogP contribution in [-0.2, 0) is 22.9 Å². The van der Waals surface area contributed by atoms with Gasteiger partial charge in [-0.3, -0.25) is 4.79 Å². The average Bonchev–Trinajstić information content (AvgIpc) is 3.53. The highest BCUT2D eigenvalue weighted by molar-refractivity contribution is 7.90. The van der Waals surface area contributed by atoms with Gasteiger partial charge in [0, 0.05) is 43.0 Å². The van der Waals surface area contributed by atoms with E-state index in [-0.39, 0.29) is 10.6 Å². The highest BCUT2D eigenvalue weighted by Gasteiger charge is 2.27. The van der Waals surface area contributed by atoms with Crippen LogP contribution in [0.3, 0.4) is 0 Å². The van der Waals surface area contributed by atoms with Crippen molar-refractivity contribution in [3.8, 4) is 5.69 Å². The van der Waals surface area contributed by atoms with Crippen molar-refractivity contribution in [2.75, 3.05) is 18.9 Å². The molecule has 2 aliphatic rings. The van der Waals surface area contributed by atoms with Gasteiger partial charge in [-0.1, -0.05) is 0 Å². The van der Waals surface area contributed by atoms with E-state index in [1.807, 2.05) is 11.9 Å². The zero-order valence-electron chi connectivity index (χ0n) is 19.0. The molecular weight excluding hydrogens is 476 g/mol. The Morgan fingerprint density at radius 3 is 2.49 bits per heavy atom.